The summed E-state index contributed by atoms with van der Waals surface area (Å²) in [6.07, 6.45) is 0.480. The quantitative estimate of drug-likeness (QED) is 0.398. The van der Waals surface area contributed by atoms with E-state index in [1.807, 2.05) is 63.2 Å². The predicted octanol–water partition coefficient (Wildman–Crippen LogP) is 5.10. The molecular weight excluding hydrogens is 472 g/mol. The number of ether oxygens (including phenoxy) is 1. The largest absolute Gasteiger partial charge is 0.496 e. The molecule has 1 aromatic heterocycles. The van der Waals surface area contributed by atoms with Gasteiger partial charge in [0, 0.05) is 22.6 Å². The molecule has 7 heteroatoms. The third-order valence-corrected chi connectivity index (χ3v) is 8.42. The Bertz CT molecular complexity index is 1600. The van der Waals surface area contributed by atoms with Gasteiger partial charge in [0.2, 0.25) is 5.91 Å². The molecular formula is C29H28N2O4S. The highest BCUT2D eigenvalue weighted by Crippen LogP contribution is 2.62. The minimum atomic E-state index is -4.17. The molecule has 184 valence electrons. The number of aromatic nitrogens is 1. The van der Waals surface area contributed by atoms with E-state index in [1.54, 1.807) is 31.4 Å². The molecule has 0 unspecified atom stereocenters. The van der Waals surface area contributed by atoms with E-state index in [1.165, 1.54) is 6.07 Å². The van der Waals surface area contributed by atoms with Crippen molar-refractivity contribution in [1.82, 2.24) is 9.71 Å². The van der Waals surface area contributed by atoms with Gasteiger partial charge in [-0.15, -0.1) is 0 Å². The number of pyridine rings is 1. The van der Waals surface area contributed by atoms with Crippen LogP contribution in [-0.4, -0.2) is 26.4 Å². The lowest BCUT2D eigenvalue weighted by atomic mass is 9.88. The molecule has 6 nitrogen and oxygen atoms in total. The SMILES string of the molecule is COc1ccc(C)cc1[C@]1(C(=O)NS(=O)(=O)c2cccc3nc(C)ccc23)C[C@@H]1c1ccc(C)cc1. The summed E-state index contributed by atoms with van der Waals surface area (Å²) in [5.74, 6) is -0.178. The Morgan fingerprint density at radius 3 is 2.42 bits per heavy atom. The highest BCUT2D eigenvalue weighted by Gasteiger charge is 2.63. The van der Waals surface area contributed by atoms with Gasteiger partial charge in [0.15, 0.2) is 0 Å². The first-order valence-electron chi connectivity index (χ1n) is 11.8. The Morgan fingerprint density at radius 1 is 0.972 bits per heavy atom. The minimum Gasteiger partial charge on any atom is -0.496 e. The van der Waals surface area contributed by atoms with Crippen molar-refractivity contribution in [2.45, 2.75) is 43.4 Å². The van der Waals surface area contributed by atoms with Crippen molar-refractivity contribution in [1.29, 1.82) is 0 Å². The summed E-state index contributed by atoms with van der Waals surface area (Å²) >= 11 is 0. The number of benzene rings is 3. The van der Waals surface area contributed by atoms with Gasteiger partial charge in [-0.2, -0.15) is 0 Å². The lowest BCUT2D eigenvalue weighted by Gasteiger charge is -2.21. The minimum absolute atomic E-state index is 0.0275. The molecule has 1 amide bonds. The van der Waals surface area contributed by atoms with Gasteiger partial charge in [0.25, 0.3) is 10.0 Å². The molecule has 5 rings (SSSR count). The van der Waals surface area contributed by atoms with Crippen LogP contribution in [0.1, 0.15) is 40.3 Å². The van der Waals surface area contributed by atoms with Gasteiger partial charge < -0.3 is 4.74 Å². The van der Waals surface area contributed by atoms with Gasteiger partial charge in [0.1, 0.15) is 5.75 Å². The Labute approximate surface area is 211 Å². The van der Waals surface area contributed by atoms with Crippen LogP contribution >= 0.6 is 0 Å². The number of aryl methyl sites for hydroxylation is 3. The third kappa shape index (κ3) is 4.03. The monoisotopic (exact) mass is 500 g/mol. The standard InChI is InChI=1S/C29H28N2O4S/c1-18-8-12-21(13-9-18)24-17-29(24,23-16-19(2)10-15-26(23)35-4)28(32)31-36(33,34)27-7-5-6-25-22(27)14-11-20(3)30-25/h5-16,24H,17H2,1-4H3,(H,31,32)/t24-,29-/m1/s1. The Hall–Kier alpha value is -3.71. The molecule has 36 heavy (non-hydrogen) atoms. The van der Waals surface area contributed by atoms with Crippen LogP contribution in [0.15, 0.2) is 77.7 Å². The van der Waals surface area contributed by atoms with Crippen molar-refractivity contribution < 1.29 is 17.9 Å². The van der Waals surface area contributed by atoms with Crippen LogP contribution in [0.3, 0.4) is 0 Å². The molecule has 1 saturated carbocycles. The second kappa shape index (κ2) is 8.75. The number of amides is 1. The Balaban J connectivity index is 1.59. The summed E-state index contributed by atoms with van der Waals surface area (Å²) in [4.78, 5) is 18.4. The molecule has 0 spiro atoms. The van der Waals surface area contributed by atoms with E-state index in [9.17, 15) is 13.2 Å². The summed E-state index contributed by atoms with van der Waals surface area (Å²) in [6, 6.07) is 22.1. The number of carbonyl (C=O) groups excluding carboxylic acids is 1. The average molecular weight is 501 g/mol. The maximum Gasteiger partial charge on any atom is 0.264 e. The number of hydrogen-bond donors (Lipinski definition) is 1. The van der Waals surface area contributed by atoms with E-state index in [4.69, 9.17) is 4.74 Å². The number of nitrogens with one attached hydrogen (secondary N) is 1. The second-order valence-electron chi connectivity index (χ2n) is 9.55. The molecule has 0 radical (unpaired) electrons. The topological polar surface area (TPSA) is 85.4 Å². The van der Waals surface area contributed by atoms with Crippen molar-refractivity contribution in [2.75, 3.05) is 7.11 Å². The van der Waals surface area contributed by atoms with E-state index in [0.29, 0.717) is 28.6 Å². The molecule has 0 aliphatic heterocycles. The predicted molar refractivity (Wildman–Crippen MR) is 140 cm³/mol. The summed E-state index contributed by atoms with van der Waals surface area (Å²) in [5, 5.41) is 0.469. The van der Waals surface area contributed by atoms with Crippen LogP contribution in [0.25, 0.3) is 10.9 Å². The van der Waals surface area contributed by atoms with E-state index < -0.39 is 21.3 Å². The van der Waals surface area contributed by atoms with Gasteiger partial charge in [-0.25, -0.2) is 13.1 Å². The molecule has 1 aliphatic carbocycles. The zero-order chi connectivity index (χ0) is 25.7. The number of nitrogens with zero attached hydrogens (tertiary/aromatic N) is 1. The fraction of sp³-hybridized carbons (Fsp3) is 0.241. The molecule has 1 N–H and O–H groups in total. The highest BCUT2D eigenvalue weighted by molar-refractivity contribution is 7.90. The molecule has 3 aromatic carbocycles. The van der Waals surface area contributed by atoms with Gasteiger partial charge in [-0.1, -0.05) is 53.6 Å². The Morgan fingerprint density at radius 2 is 1.69 bits per heavy atom. The van der Waals surface area contributed by atoms with Crippen LogP contribution in [-0.2, 0) is 20.2 Å². The number of carbonyl (C=O) groups is 1. The molecule has 2 atom stereocenters. The molecule has 1 heterocycles. The average Bonchev–Trinajstić information content (AvgIpc) is 3.60. The molecule has 4 aromatic rings. The van der Waals surface area contributed by atoms with Crippen molar-refractivity contribution in [3.05, 3.63) is 101 Å². The van der Waals surface area contributed by atoms with Crippen LogP contribution in [0.2, 0.25) is 0 Å². The van der Waals surface area contributed by atoms with Crippen molar-refractivity contribution >= 4 is 26.8 Å². The summed E-state index contributed by atoms with van der Waals surface area (Å²) in [6.45, 7) is 5.80. The van der Waals surface area contributed by atoms with E-state index >= 15 is 0 Å². The zero-order valence-corrected chi connectivity index (χ0v) is 21.5. The maximum atomic E-state index is 14.0. The number of methoxy groups -OCH3 is 1. The van der Waals surface area contributed by atoms with Crippen LogP contribution < -0.4 is 9.46 Å². The fourth-order valence-corrected chi connectivity index (χ4v) is 6.29. The second-order valence-corrected chi connectivity index (χ2v) is 11.2. The molecule has 1 aliphatic rings. The van der Waals surface area contributed by atoms with Crippen LogP contribution in [0.4, 0.5) is 0 Å². The third-order valence-electron chi connectivity index (χ3n) is 7.03. The lowest BCUT2D eigenvalue weighted by molar-refractivity contribution is -0.122. The normalized spacial score (nSPS) is 19.2. The molecule has 0 saturated heterocycles. The van der Waals surface area contributed by atoms with Crippen LogP contribution in [0.5, 0.6) is 5.75 Å². The van der Waals surface area contributed by atoms with Gasteiger partial charge in [0.05, 0.1) is 22.9 Å². The molecule has 1 fully saturated rings. The number of sulfonamides is 1. The van der Waals surface area contributed by atoms with E-state index in [0.717, 1.165) is 22.4 Å². The summed E-state index contributed by atoms with van der Waals surface area (Å²) < 4.78 is 35.2. The van der Waals surface area contributed by atoms with Crippen molar-refractivity contribution in [2.24, 2.45) is 0 Å². The number of hydrogen-bond acceptors (Lipinski definition) is 5. The van der Waals surface area contributed by atoms with E-state index in [-0.39, 0.29) is 10.8 Å². The lowest BCUT2D eigenvalue weighted by Crippen LogP contribution is -2.40. The van der Waals surface area contributed by atoms with Gasteiger partial charge >= 0.3 is 0 Å². The van der Waals surface area contributed by atoms with E-state index in [2.05, 4.69) is 9.71 Å². The maximum absolute atomic E-state index is 14.0. The molecule has 0 bridgehead atoms. The van der Waals surface area contributed by atoms with Crippen LogP contribution in [0, 0.1) is 20.8 Å². The summed E-state index contributed by atoms with van der Waals surface area (Å²) in [5.41, 5.74) is 4.03. The summed E-state index contributed by atoms with van der Waals surface area (Å²) in [7, 11) is -2.61. The highest BCUT2D eigenvalue weighted by atomic mass is 32.2. The van der Waals surface area contributed by atoms with Crippen molar-refractivity contribution in [3.63, 3.8) is 0 Å². The Kier molecular flexibility index (Phi) is 5.83. The first-order chi connectivity index (χ1) is 17.2. The first-order valence-corrected chi connectivity index (χ1v) is 13.3. The van der Waals surface area contributed by atoms with Gasteiger partial charge in [-0.3, -0.25) is 9.78 Å². The van der Waals surface area contributed by atoms with Crippen molar-refractivity contribution in [3.8, 4) is 5.75 Å². The fourth-order valence-electron chi connectivity index (χ4n) is 5.04. The smallest absolute Gasteiger partial charge is 0.264 e. The number of rotatable bonds is 6. The van der Waals surface area contributed by atoms with Gasteiger partial charge in [-0.05, 0) is 63.1 Å². The first kappa shape index (κ1) is 24.0. The number of fused-ring (bicyclic) bond motifs is 1. The zero-order valence-electron chi connectivity index (χ0n) is 20.7.